The van der Waals surface area contributed by atoms with Crippen LogP contribution in [0.15, 0.2) is 60.7 Å². The Morgan fingerprint density at radius 1 is 0.621 bits per heavy atom. The molecule has 0 unspecified atom stereocenters. The van der Waals surface area contributed by atoms with E-state index in [9.17, 15) is 0 Å². The second-order valence-electron chi connectivity index (χ2n) is 6.16. The number of hydrogen-bond donors (Lipinski definition) is 0. The van der Waals surface area contributed by atoms with Crippen molar-refractivity contribution in [2.45, 2.75) is 0 Å². The first-order valence-electron chi connectivity index (χ1n) is 8.30. The van der Waals surface area contributed by atoms with Crippen LogP contribution in [-0.4, -0.2) is 9.78 Å². The Bertz CT molecular complexity index is 1230. The smallest absolute Gasteiger partial charge is 0.112 e. The fourth-order valence-corrected chi connectivity index (χ4v) is 4.03. The minimum Gasteiger partial charge on any atom is -0.231 e. The molecule has 0 aliphatic heterocycles. The fraction of sp³-hybridized carbons (Fsp3) is 0. The van der Waals surface area contributed by atoms with E-state index in [1.54, 1.807) is 41.1 Å². The second kappa shape index (κ2) is 8.39. The summed E-state index contributed by atoms with van der Waals surface area (Å²) >= 11 is 37.6. The van der Waals surface area contributed by atoms with E-state index in [4.69, 9.17) is 74.7 Å². The van der Waals surface area contributed by atoms with Crippen LogP contribution >= 0.6 is 69.6 Å². The van der Waals surface area contributed by atoms with Crippen LogP contribution < -0.4 is 0 Å². The van der Waals surface area contributed by atoms with Gasteiger partial charge in [0.15, 0.2) is 0 Å². The summed E-state index contributed by atoms with van der Waals surface area (Å²) in [5, 5.41) is 7.47. The zero-order valence-electron chi connectivity index (χ0n) is 14.4. The lowest BCUT2D eigenvalue weighted by molar-refractivity contribution is 0.892. The minimum absolute atomic E-state index is 0.411. The number of aromatic nitrogens is 2. The van der Waals surface area contributed by atoms with E-state index in [2.05, 4.69) is 0 Å². The van der Waals surface area contributed by atoms with Crippen molar-refractivity contribution in [1.82, 2.24) is 9.78 Å². The van der Waals surface area contributed by atoms with Crippen molar-refractivity contribution in [3.8, 4) is 28.2 Å². The van der Waals surface area contributed by atoms with Crippen LogP contribution in [0.2, 0.25) is 30.1 Å². The minimum atomic E-state index is 0.411. The highest BCUT2D eigenvalue weighted by Gasteiger charge is 2.21. The van der Waals surface area contributed by atoms with Crippen LogP contribution in [0.3, 0.4) is 0 Å². The van der Waals surface area contributed by atoms with Crippen molar-refractivity contribution in [2.24, 2.45) is 0 Å². The van der Waals surface area contributed by atoms with Crippen molar-refractivity contribution in [3.63, 3.8) is 0 Å². The zero-order valence-corrected chi connectivity index (χ0v) is 19.0. The first kappa shape index (κ1) is 20.9. The van der Waals surface area contributed by atoms with Crippen LogP contribution in [0.4, 0.5) is 0 Å². The molecule has 0 atom stereocenters. The summed E-state index contributed by atoms with van der Waals surface area (Å²) in [5.74, 6) is 0. The molecule has 1 heterocycles. The van der Waals surface area contributed by atoms with Gasteiger partial charge in [0.05, 0.1) is 36.5 Å². The van der Waals surface area contributed by atoms with Crippen LogP contribution in [-0.2, 0) is 0 Å². The molecular formula is C21H10Cl6N2. The SMILES string of the molecule is Clc1cccc(-n2nc(-c3ccc(Cl)c(Cl)c3)c(Cl)c2-c2ccc(Cl)c(Cl)c2)c1. The summed E-state index contributed by atoms with van der Waals surface area (Å²) in [6.07, 6.45) is 0. The highest BCUT2D eigenvalue weighted by Crippen LogP contribution is 2.41. The van der Waals surface area contributed by atoms with E-state index < -0.39 is 0 Å². The largest absolute Gasteiger partial charge is 0.231 e. The van der Waals surface area contributed by atoms with Crippen molar-refractivity contribution in [2.75, 3.05) is 0 Å². The first-order valence-corrected chi connectivity index (χ1v) is 10.6. The molecule has 3 aromatic carbocycles. The summed E-state index contributed by atoms with van der Waals surface area (Å²) in [7, 11) is 0. The van der Waals surface area contributed by atoms with Crippen molar-refractivity contribution in [3.05, 3.63) is 90.8 Å². The molecule has 0 aliphatic rings. The Morgan fingerprint density at radius 2 is 1.24 bits per heavy atom. The molecule has 2 nitrogen and oxygen atoms in total. The lowest BCUT2D eigenvalue weighted by atomic mass is 10.1. The van der Waals surface area contributed by atoms with E-state index in [1.807, 2.05) is 24.3 Å². The molecule has 0 fully saturated rings. The van der Waals surface area contributed by atoms with Crippen LogP contribution in [0.1, 0.15) is 0 Å². The highest BCUT2D eigenvalue weighted by molar-refractivity contribution is 6.43. The zero-order chi connectivity index (χ0) is 20.7. The summed E-state index contributed by atoms with van der Waals surface area (Å²) in [5.41, 5.74) is 3.42. The first-order chi connectivity index (χ1) is 13.8. The van der Waals surface area contributed by atoms with Gasteiger partial charge in [0, 0.05) is 16.1 Å². The van der Waals surface area contributed by atoms with Gasteiger partial charge in [-0.1, -0.05) is 87.8 Å². The monoisotopic (exact) mass is 500 g/mol. The molecule has 29 heavy (non-hydrogen) atoms. The molecule has 0 saturated carbocycles. The molecule has 1 aromatic heterocycles. The third kappa shape index (κ3) is 4.11. The predicted molar refractivity (Wildman–Crippen MR) is 124 cm³/mol. The molecule has 0 radical (unpaired) electrons. The average molecular weight is 503 g/mol. The van der Waals surface area contributed by atoms with Gasteiger partial charge >= 0.3 is 0 Å². The van der Waals surface area contributed by atoms with Gasteiger partial charge in [0.2, 0.25) is 0 Å². The Morgan fingerprint density at radius 3 is 1.86 bits per heavy atom. The topological polar surface area (TPSA) is 17.8 Å². The summed E-state index contributed by atoms with van der Waals surface area (Å²) < 4.78 is 1.71. The van der Waals surface area contributed by atoms with Gasteiger partial charge in [0.1, 0.15) is 5.69 Å². The van der Waals surface area contributed by atoms with Crippen LogP contribution in [0.5, 0.6) is 0 Å². The van der Waals surface area contributed by atoms with Crippen molar-refractivity contribution < 1.29 is 0 Å². The summed E-state index contributed by atoms with van der Waals surface area (Å²) in [6, 6.07) is 17.8. The van der Waals surface area contributed by atoms with E-state index in [1.165, 1.54) is 0 Å². The third-order valence-corrected chi connectivity index (χ3v) is 6.34. The van der Waals surface area contributed by atoms with Crippen molar-refractivity contribution in [1.29, 1.82) is 0 Å². The maximum atomic E-state index is 6.80. The Balaban J connectivity index is 2.00. The van der Waals surface area contributed by atoms with Crippen LogP contribution in [0.25, 0.3) is 28.2 Å². The number of halogens is 6. The molecule has 146 valence electrons. The predicted octanol–water partition coefficient (Wildman–Crippen LogP) is 9.13. The molecular weight excluding hydrogens is 493 g/mol. The fourth-order valence-electron chi connectivity index (χ4n) is 2.91. The molecule has 0 saturated heterocycles. The van der Waals surface area contributed by atoms with Gasteiger partial charge in [-0.05, 0) is 42.5 Å². The molecule has 4 rings (SSSR count). The van der Waals surface area contributed by atoms with Gasteiger partial charge in [-0.25, -0.2) is 4.68 Å². The van der Waals surface area contributed by atoms with Gasteiger partial charge in [-0.3, -0.25) is 0 Å². The van der Waals surface area contributed by atoms with E-state index in [-0.39, 0.29) is 0 Å². The molecule has 8 heteroatoms. The third-order valence-electron chi connectivity index (χ3n) is 4.27. The number of benzene rings is 3. The highest BCUT2D eigenvalue weighted by atomic mass is 35.5. The van der Waals surface area contributed by atoms with Gasteiger partial charge in [-0.2, -0.15) is 5.10 Å². The summed E-state index contributed by atoms with van der Waals surface area (Å²) in [6.45, 7) is 0. The molecule has 0 amide bonds. The van der Waals surface area contributed by atoms with Gasteiger partial charge in [0.25, 0.3) is 0 Å². The number of hydrogen-bond acceptors (Lipinski definition) is 1. The van der Waals surface area contributed by atoms with Gasteiger partial charge < -0.3 is 0 Å². The summed E-state index contributed by atoms with van der Waals surface area (Å²) in [4.78, 5) is 0. The standard InChI is InChI=1S/C21H10Cl6N2/c22-13-2-1-3-14(10-13)29-21(12-5-7-16(24)18(26)9-12)19(27)20(28-29)11-4-6-15(23)17(25)8-11/h1-10H. The van der Waals surface area contributed by atoms with E-state index in [0.717, 1.165) is 16.8 Å². The molecule has 0 spiro atoms. The Hall–Kier alpha value is -1.39. The molecule has 0 N–H and O–H groups in total. The number of rotatable bonds is 3. The lowest BCUT2D eigenvalue weighted by Gasteiger charge is -2.09. The normalized spacial score (nSPS) is 11.1. The lowest BCUT2D eigenvalue weighted by Crippen LogP contribution is -1.99. The maximum Gasteiger partial charge on any atom is 0.112 e. The maximum absolute atomic E-state index is 6.80. The molecule has 4 aromatic rings. The van der Waals surface area contributed by atoms with Crippen LogP contribution in [0, 0.1) is 0 Å². The van der Waals surface area contributed by atoms with Gasteiger partial charge in [-0.15, -0.1) is 0 Å². The Kier molecular flexibility index (Phi) is 6.04. The van der Waals surface area contributed by atoms with Crippen molar-refractivity contribution >= 4 is 69.6 Å². The number of nitrogens with zero attached hydrogens (tertiary/aromatic N) is 2. The van der Waals surface area contributed by atoms with E-state index in [0.29, 0.717) is 41.5 Å². The second-order valence-corrected chi connectivity index (χ2v) is 8.60. The quantitative estimate of drug-likeness (QED) is 0.273. The molecule has 0 aliphatic carbocycles. The molecule has 0 bridgehead atoms. The average Bonchev–Trinajstić information content (AvgIpc) is 3.03. The van der Waals surface area contributed by atoms with E-state index >= 15 is 0 Å². The Labute approximate surface area is 197 Å².